The van der Waals surface area contributed by atoms with Crippen molar-refractivity contribution in [2.24, 2.45) is 0 Å². The SMILES string of the molecule is c1ccc(C2(c3ccccc3)c3ccccc3-c3c(-c4cccc(N(c5ccc6c(c5)-c5ccccc5C65c6ccccc6Oc6ccccc65)c5cccc6c5-c5ccccc5C65c6ccccc6Oc6ccccc65)c4)cccc32)cc1. The highest BCUT2D eigenvalue weighted by Crippen LogP contribution is 2.66. The van der Waals surface area contributed by atoms with E-state index in [1.165, 1.54) is 83.5 Å². The summed E-state index contributed by atoms with van der Waals surface area (Å²) in [5, 5.41) is 0. The van der Waals surface area contributed by atoms with Crippen LogP contribution in [0.5, 0.6) is 23.0 Å². The highest BCUT2D eigenvalue weighted by molar-refractivity contribution is 6.01. The zero-order valence-corrected chi connectivity index (χ0v) is 45.7. The van der Waals surface area contributed by atoms with Crippen molar-refractivity contribution in [3.8, 4) is 67.5 Å². The van der Waals surface area contributed by atoms with Gasteiger partial charge in [0.1, 0.15) is 23.0 Å². The smallest absolute Gasteiger partial charge is 0.132 e. The van der Waals surface area contributed by atoms with Crippen LogP contribution in [0.2, 0.25) is 0 Å². The maximum atomic E-state index is 6.83. The third-order valence-electron chi connectivity index (χ3n) is 19.1. The third kappa shape index (κ3) is 6.04. The second kappa shape index (κ2) is 17.6. The van der Waals surface area contributed by atoms with Gasteiger partial charge in [0.25, 0.3) is 0 Å². The van der Waals surface area contributed by atoms with E-state index in [9.17, 15) is 0 Å². The predicted octanol–water partition coefficient (Wildman–Crippen LogP) is 20.1. The van der Waals surface area contributed by atoms with Crippen LogP contribution in [0.15, 0.2) is 309 Å². The maximum Gasteiger partial charge on any atom is 0.132 e. The summed E-state index contributed by atoms with van der Waals surface area (Å²) in [6.07, 6.45) is 0. The number of para-hydroxylation sites is 4. The molecule has 392 valence electrons. The molecule has 2 aliphatic heterocycles. The highest BCUT2D eigenvalue weighted by atomic mass is 16.5. The Morgan fingerprint density at radius 3 is 1.18 bits per heavy atom. The van der Waals surface area contributed by atoms with Gasteiger partial charge in [-0.3, -0.25) is 0 Å². The molecule has 2 spiro atoms. The first-order valence-corrected chi connectivity index (χ1v) is 29.1. The summed E-state index contributed by atoms with van der Waals surface area (Å²) in [6, 6.07) is 114. The van der Waals surface area contributed by atoms with Crippen molar-refractivity contribution in [3.05, 3.63) is 376 Å². The van der Waals surface area contributed by atoms with Crippen molar-refractivity contribution in [2.75, 3.05) is 4.90 Å². The summed E-state index contributed by atoms with van der Waals surface area (Å²) >= 11 is 0. The number of hydrogen-bond donors (Lipinski definition) is 0. The van der Waals surface area contributed by atoms with Crippen LogP contribution in [0.3, 0.4) is 0 Å². The van der Waals surface area contributed by atoms with Gasteiger partial charge in [0.15, 0.2) is 0 Å². The van der Waals surface area contributed by atoms with Gasteiger partial charge in [0, 0.05) is 39.2 Å². The molecule has 0 bridgehead atoms. The normalized spacial score (nSPS) is 14.7. The first-order valence-electron chi connectivity index (χ1n) is 29.1. The van der Waals surface area contributed by atoms with Gasteiger partial charge in [-0.2, -0.15) is 0 Å². The Kier molecular flexibility index (Phi) is 9.86. The van der Waals surface area contributed by atoms with E-state index in [0.29, 0.717) is 0 Å². The molecule has 18 rings (SSSR count). The Morgan fingerprint density at radius 1 is 0.226 bits per heavy atom. The van der Waals surface area contributed by atoms with Crippen molar-refractivity contribution in [1.82, 2.24) is 0 Å². The quantitative estimate of drug-likeness (QED) is 0.166. The van der Waals surface area contributed by atoms with Gasteiger partial charge in [0.05, 0.1) is 21.9 Å². The van der Waals surface area contributed by atoms with Crippen LogP contribution in [-0.2, 0) is 16.2 Å². The summed E-state index contributed by atoms with van der Waals surface area (Å²) < 4.78 is 13.6. The fourth-order valence-electron chi connectivity index (χ4n) is 16.0. The average molecular weight is 1070 g/mol. The average Bonchev–Trinajstić information content (AvgIpc) is 1.69. The van der Waals surface area contributed by atoms with E-state index in [1.54, 1.807) is 0 Å². The van der Waals surface area contributed by atoms with Crippen molar-refractivity contribution in [3.63, 3.8) is 0 Å². The van der Waals surface area contributed by atoms with Crippen molar-refractivity contribution in [2.45, 2.75) is 16.2 Å². The molecule has 2 heterocycles. The molecule has 3 nitrogen and oxygen atoms in total. The fraction of sp³-hybridized carbons (Fsp3) is 0.0370. The maximum absolute atomic E-state index is 6.83. The minimum Gasteiger partial charge on any atom is -0.457 e. The molecule has 0 radical (unpaired) electrons. The molecule has 0 saturated carbocycles. The zero-order chi connectivity index (χ0) is 55.1. The van der Waals surface area contributed by atoms with E-state index in [2.05, 4.69) is 314 Å². The second-order valence-electron chi connectivity index (χ2n) is 22.9. The number of benzene rings is 13. The van der Waals surface area contributed by atoms with Crippen LogP contribution in [0, 0.1) is 0 Å². The summed E-state index contributed by atoms with van der Waals surface area (Å²) in [5.41, 5.74) is 25.6. The minimum absolute atomic E-state index is 0.535. The Labute approximate surface area is 488 Å². The second-order valence-corrected chi connectivity index (χ2v) is 22.9. The minimum atomic E-state index is -0.657. The largest absolute Gasteiger partial charge is 0.457 e. The monoisotopic (exact) mass is 1070 g/mol. The molecule has 13 aromatic rings. The molecule has 13 aromatic carbocycles. The third-order valence-corrected chi connectivity index (χ3v) is 19.1. The van der Waals surface area contributed by atoms with E-state index >= 15 is 0 Å². The van der Waals surface area contributed by atoms with Gasteiger partial charge in [-0.05, 0) is 138 Å². The van der Waals surface area contributed by atoms with Crippen molar-refractivity contribution >= 4 is 17.1 Å². The highest BCUT2D eigenvalue weighted by Gasteiger charge is 2.54. The summed E-state index contributed by atoms with van der Waals surface area (Å²) in [4.78, 5) is 2.55. The lowest BCUT2D eigenvalue weighted by Gasteiger charge is -2.39. The molecule has 5 aliphatic rings. The number of ether oxygens (including phenoxy) is 2. The van der Waals surface area contributed by atoms with Crippen LogP contribution in [0.25, 0.3) is 44.5 Å². The van der Waals surface area contributed by atoms with Crippen LogP contribution in [-0.4, -0.2) is 0 Å². The Hall–Kier alpha value is -10.7. The molecular weight excluding hydrogens is 1020 g/mol. The standard InChI is InChI=1S/C81H51NO2/c1-3-25-53(26-4-1)79(54-27-5-2-6-28-54)63-35-11-8-31-59(63)77-57(33-22-41-70(77)79)52-24-21-29-55(50-52)82(56-48-49-65-61(51-56)58-30-7-10-34-62(58)80(65)66-37-13-17-44-73(66)83-74-45-18-14-38-67(74)80)72-43-23-42-71-78(72)60-32-9-12-36-64(60)81(71)68-39-15-19-46-75(68)84-76-47-20-16-40-69(76)81/h1-51H. The van der Waals surface area contributed by atoms with Gasteiger partial charge >= 0.3 is 0 Å². The number of rotatable bonds is 6. The molecule has 0 amide bonds. The first-order chi connectivity index (χ1) is 41.7. The summed E-state index contributed by atoms with van der Waals surface area (Å²) in [7, 11) is 0. The van der Waals surface area contributed by atoms with E-state index in [4.69, 9.17) is 9.47 Å². The molecule has 3 heteroatoms. The van der Waals surface area contributed by atoms with Gasteiger partial charge in [-0.1, -0.05) is 255 Å². The van der Waals surface area contributed by atoms with Crippen molar-refractivity contribution in [1.29, 1.82) is 0 Å². The summed E-state index contributed by atoms with van der Waals surface area (Å²) in [6.45, 7) is 0. The van der Waals surface area contributed by atoms with E-state index < -0.39 is 16.2 Å². The van der Waals surface area contributed by atoms with Crippen LogP contribution in [0.4, 0.5) is 17.1 Å². The van der Waals surface area contributed by atoms with Crippen LogP contribution < -0.4 is 14.4 Å². The molecule has 0 fully saturated rings. The van der Waals surface area contributed by atoms with Gasteiger partial charge < -0.3 is 14.4 Å². The van der Waals surface area contributed by atoms with Crippen LogP contribution in [0.1, 0.15) is 66.8 Å². The van der Waals surface area contributed by atoms with Crippen molar-refractivity contribution < 1.29 is 9.47 Å². The first kappa shape index (κ1) is 47.0. The Bertz CT molecular complexity index is 4750. The number of nitrogens with zero attached hydrogens (tertiary/aromatic N) is 1. The molecule has 3 aliphatic carbocycles. The lowest BCUT2D eigenvalue weighted by molar-refractivity contribution is 0.436. The number of hydrogen-bond acceptors (Lipinski definition) is 3. The number of anilines is 3. The van der Waals surface area contributed by atoms with E-state index in [0.717, 1.165) is 67.9 Å². The molecule has 0 unspecified atom stereocenters. The van der Waals surface area contributed by atoms with Gasteiger partial charge in [-0.25, -0.2) is 0 Å². The molecular formula is C81H51NO2. The van der Waals surface area contributed by atoms with E-state index in [1.807, 2.05) is 0 Å². The Morgan fingerprint density at radius 2 is 0.607 bits per heavy atom. The summed E-state index contributed by atoms with van der Waals surface area (Å²) in [5.74, 6) is 3.50. The Balaban J connectivity index is 0.909. The lowest BCUT2D eigenvalue weighted by Crippen LogP contribution is -2.32. The molecule has 0 N–H and O–H groups in total. The zero-order valence-electron chi connectivity index (χ0n) is 45.7. The molecule has 0 saturated heterocycles. The van der Waals surface area contributed by atoms with Crippen LogP contribution >= 0.6 is 0 Å². The molecule has 84 heavy (non-hydrogen) atoms. The van der Waals surface area contributed by atoms with Gasteiger partial charge in [-0.15, -0.1) is 0 Å². The van der Waals surface area contributed by atoms with Gasteiger partial charge in [0.2, 0.25) is 0 Å². The predicted molar refractivity (Wildman–Crippen MR) is 339 cm³/mol. The lowest BCUT2D eigenvalue weighted by atomic mass is 9.66. The van der Waals surface area contributed by atoms with E-state index in [-0.39, 0.29) is 0 Å². The number of fused-ring (bicyclic) bond motifs is 21. The molecule has 0 aromatic heterocycles. The molecule has 0 atom stereocenters. The topological polar surface area (TPSA) is 21.7 Å². The fourth-order valence-corrected chi connectivity index (χ4v) is 16.0.